The van der Waals surface area contributed by atoms with Crippen LogP contribution in [0, 0.1) is 12.7 Å². The lowest BCUT2D eigenvalue weighted by Gasteiger charge is -2.15. The van der Waals surface area contributed by atoms with Crippen molar-refractivity contribution in [3.63, 3.8) is 0 Å². The Morgan fingerprint density at radius 1 is 1.12 bits per heavy atom. The molecule has 1 aromatic heterocycles. The number of ketones is 1. The minimum atomic E-state index is -3.60. The fourth-order valence-corrected chi connectivity index (χ4v) is 4.00. The van der Waals surface area contributed by atoms with Crippen LogP contribution >= 0.6 is 11.6 Å². The van der Waals surface area contributed by atoms with Gasteiger partial charge in [0.25, 0.3) is 0 Å². The molecular weight excluding hydrogens is 465 g/mol. The maximum absolute atomic E-state index is 14.3. The molecule has 1 atom stereocenters. The van der Waals surface area contributed by atoms with Crippen molar-refractivity contribution in [2.24, 2.45) is 0 Å². The molecule has 6 nitrogen and oxygen atoms in total. The number of sulfonamides is 1. The Hall–Kier alpha value is -2.97. The Morgan fingerprint density at radius 3 is 2.45 bits per heavy atom. The summed E-state index contributed by atoms with van der Waals surface area (Å²) in [5.41, 5.74) is 2.89. The first-order valence-corrected chi connectivity index (χ1v) is 12.6. The zero-order chi connectivity index (χ0) is 24.2. The largest absolute Gasteiger partial charge is 0.340 e. The van der Waals surface area contributed by atoms with E-state index in [1.807, 2.05) is 31.2 Å². The number of carbonyl (C=O) groups is 1. The second-order valence-electron chi connectivity index (χ2n) is 7.89. The lowest BCUT2D eigenvalue weighted by molar-refractivity contribution is -0.120. The van der Waals surface area contributed by atoms with Gasteiger partial charge in [-0.3, -0.25) is 9.52 Å². The highest BCUT2D eigenvalue weighted by Crippen LogP contribution is 2.26. The van der Waals surface area contributed by atoms with Crippen molar-refractivity contribution in [2.75, 3.05) is 16.3 Å². The number of halogens is 2. The van der Waals surface area contributed by atoms with E-state index in [0.29, 0.717) is 22.8 Å². The van der Waals surface area contributed by atoms with Crippen LogP contribution in [0.15, 0.2) is 54.6 Å². The van der Waals surface area contributed by atoms with E-state index in [9.17, 15) is 17.6 Å². The number of nitrogens with one attached hydrogen (secondary N) is 2. The topological polar surface area (TPSA) is 88.2 Å². The van der Waals surface area contributed by atoms with Crippen molar-refractivity contribution < 1.29 is 17.6 Å². The first-order valence-electron chi connectivity index (χ1n) is 10.3. The molecule has 3 rings (SSSR count). The molecule has 1 unspecified atom stereocenters. The van der Waals surface area contributed by atoms with Gasteiger partial charge in [0, 0.05) is 28.7 Å². The maximum atomic E-state index is 14.3. The first kappa shape index (κ1) is 24.7. The molecule has 0 saturated carbocycles. The number of hydrogen-bond acceptors (Lipinski definition) is 5. The van der Waals surface area contributed by atoms with E-state index >= 15 is 0 Å². The minimum absolute atomic E-state index is 0.0590. The molecule has 0 spiro atoms. The van der Waals surface area contributed by atoms with Gasteiger partial charge in [-0.25, -0.2) is 17.8 Å². The van der Waals surface area contributed by atoms with Gasteiger partial charge in [0.15, 0.2) is 0 Å². The van der Waals surface area contributed by atoms with Crippen LogP contribution < -0.4 is 10.0 Å². The molecule has 9 heteroatoms. The van der Waals surface area contributed by atoms with Crippen molar-refractivity contribution in [2.45, 2.75) is 32.6 Å². The SMILES string of the molecule is Cc1ccc(CCC(=O)C(C)c2ccc(NS(C)(=O)=O)c(F)c2)c(Nc2ccc(Cl)cc2)n1. The van der Waals surface area contributed by atoms with Crippen LogP contribution in [-0.2, 0) is 21.2 Å². The lowest BCUT2D eigenvalue weighted by Crippen LogP contribution is -2.13. The summed E-state index contributed by atoms with van der Waals surface area (Å²) < 4.78 is 39.1. The van der Waals surface area contributed by atoms with Crippen LogP contribution in [0.1, 0.15) is 36.1 Å². The number of benzene rings is 2. The zero-order valence-corrected chi connectivity index (χ0v) is 20.1. The summed E-state index contributed by atoms with van der Waals surface area (Å²) in [5.74, 6) is -0.663. The first-order chi connectivity index (χ1) is 15.5. The van der Waals surface area contributed by atoms with Gasteiger partial charge in [-0.15, -0.1) is 0 Å². The van der Waals surface area contributed by atoms with Crippen molar-refractivity contribution in [3.05, 3.63) is 82.3 Å². The molecule has 0 aliphatic carbocycles. The average Bonchev–Trinajstić information content (AvgIpc) is 2.74. The highest BCUT2D eigenvalue weighted by atomic mass is 35.5. The predicted octanol–water partition coefficient (Wildman–Crippen LogP) is 5.60. The van der Waals surface area contributed by atoms with E-state index in [2.05, 4.69) is 15.0 Å². The Balaban J connectivity index is 1.70. The number of rotatable bonds is 9. The van der Waals surface area contributed by atoms with Crippen LogP contribution in [0.5, 0.6) is 0 Å². The van der Waals surface area contributed by atoms with Crippen molar-refractivity contribution in [1.29, 1.82) is 0 Å². The van der Waals surface area contributed by atoms with Gasteiger partial charge in [0.05, 0.1) is 11.9 Å². The Labute approximate surface area is 198 Å². The normalized spacial score (nSPS) is 12.3. The third-order valence-electron chi connectivity index (χ3n) is 5.14. The quantitative estimate of drug-likeness (QED) is 0.408. The number of aryl methyl sites for hydroxylation is 2. The molecule has 0 aliphatic rings. The van der Waals surface area contributed by atoms with Crippen LogP contribution in [0.25, 0.3) is 0 Å². The van der Waals surface area contributed by atoms with Crippen LogP contribution in [0.4, 0.5) is 21.6 Å². The van der Waals surface area contributed by atoms with Gasteiger partial charge >= 0.3 is 0 Å². The van der Waals surface area contributed by atoms with E-state index in [0.717, 1.165) is 23.2 Å². The number of anilines is 3. The lowest BCUT2D eigenvalue weighted by atomic mass is 9.92. The standard InChI is InChI=1S/C24H25ClFN3O3S/c1-15-4-5-17(24(27-15)28-20-10-8-19(25)9-11-20)7-13-23(30)16(2)18-6-12-22(21(26)14-18)29-33(3,31)32/h4-6,8-12,14,16,29H,7,13H2,1-3H3,(H,27,28). The summed E-state index contributed by atoms with van der Waals surface area (Å²) in [6, 6.07) is 15.1. The zero-order valence-electron chi connectivity index (χ0n) is 18.5. The summed E-state index contributed by atoms with van der Waals surface area (Å²) in [6.45, 7) is 3.60. The van der Waals surface area contributed by atoms with Gasteiger partial charge in [0.1, 0.15) is 17.4 Å². The number of pyridine rings is 1. The molecule has 0 fully saturated rings. The van der Waals surface area contributed by atoms with Crippen molar-refractivity contribution >= 4 is 44.6 Å². The monoisotopic (exact) mass is 489 g/mol. The summed E-state index contributed by atoms with van der Waals surface area (Å²) >= 11 is 5.95. The van der Waals surface area contributed by atoms with Crippen LogP contribution in [-0.4, -0.2) is 25.4 Å². The molecule has 0 radical (unpaired) electrons. The minimum Gasteiger partial charge on any atom is -0.340 e. The van der Waals surface area contributed by atoms with Gasteiger partial charge in [-0.05, 0) is 66.9 Å². The van der Waals surface area contributed by atoms with Gasteiger partial charge in [0.2, 0.25) is 10.0 Å². The van der Waals surface area contributed by atoms with Crippen LogP contribution in [0.3, 0.4) is 0 Å². The fraction of sp³-hybridized carbons (Fsp3) is 0.250. The van der Waals surface area contributed by atoms with E-state index in [1.54, 1.807) is 25.1 Å². The van der Waals surface area contributed by atoms with Crippen LogP contribution in [0.2, 0.25) is 5.02 Å². The number of hydrogen-bond donors (Lipinski definition) is 2. The molecule has 0 aliphatic heterocycles. The molecule has 174 valence electrons. The van der Waals surface area contributed by atoms with Gasteiger partial charge < -0.3 is 5.32 Å². The number of Topliss-reactive ketones (excluding diaryl/α,β-unsaturated/α-hetero) is 1. The van der Waals surface area contributed by atoms with Gasteiger partial charge in [-0.1, -0.05) is 30.7 Å². The Morgan fingerprint density at radius 2 is 1.82 bits per heavy atom. The average molecular weight is 490 g/mol. The Bertz CT molecular complexity index is 1260. The molecule has 33 heavy (non-hydrogen) atoms. The fourth-order valence-electron chi connectivity index (χ4n) is 3.31. The predicted molar refractivity (Wildman–Crippen MR) is 130 cm³/mol. The second-order valence-corrected chi connectivity index (χ2v) is 10.1. The summed E-state index contributed by atoms with van der Waals surface area (Å²) in [4.78, 5) is 17.4. The van der Waals surface area contributed by atoms with Gasteiger partial charge in [-0.2, -0.15) is 0 Å². The van der Waals surface area contributed by atoms with Crippen molar-refractivity contribution in [1.82, 2.24) is 4.98 Å². The molecule has 0 saturated heterocycles. The van der Waals surface area contributed by atoms with E-state index < -0.39 is 21.8 Å². The molecule has 0 bridgehead atoms. The van der Waals surface area contributed by atoms with E-state index in [-0.39, 0.29) is 17.9 Å². The Kier molecular flexibility index (Phi) is 7.71. The highest BCUT2D eigenvalue weighted by Gasteiger charge is 2.18. The smallest absolute Gasteiger partial charge is 0.229 e. The molecule has 3 aromatic rings. The van der Waals surface area contributed by atoms with E-state index in [1.165, 1.54) is 12.1 Å². The summed E-state index contributed by atoms with van der Waals surface area (Å²) in [7, 11) is -3.60. The maximum Gasteiger partial charge on any atom is 0.229 e. The summed E-state index contributed by atoms with van der Waals surface area (Å²) in [5, 5.41) is 3.90. The van der Waals surface area contributed by atoms with E-state index in [4.69, 9.17) is 11.6 Å². The molecule has 1 heterocycles. The number of aromatic nitrogens is 1. The molecule has 0 amide bonds. The number of nitrogens with zero attached hydrogens (tertiary/aromatic N) is 1. The summed E-state index contributed by atoms with van der Waals surface area (Å²) in [6.07, 6.45) is 1.65. The molecule has 2 aromatic carbocycles. The highest BCUT2D eigenvalue weighted by molar-refractivity contribution is 7.92. The number of carbonyl (C=O) groups excluding carboxylic acids is 1. The third-order valence-corrected chi connectivity index (χ3v) is 5.98. The van der Waals surface area contributed by atoms with Crippen molar-refractivity contribution in [3.8, 4) is 0 Å². The second kappa shape index (κ2) is 10.3. The third kappa shape index (κ3) is 7.00. The molecular formula is C24H25ClFN3O3S. The molecule has 2 N–H and O–H groups in total.